The SMILES string of the molecule is N#Cc1ccc(CN2CCC([C@@H](O)c3ccccn3)CC2)cc1. The number of aliphatic hydroxyl groups is 1. The van der Waals surface area contributed by atoms with Crippen molar-refractivity contribution in [3.8, 4) is 6.07 Å². The van der Waals surface area contributed by atoms with Crippen molar-refractivity contribution in [2.75, 3.05) is 13.1 Å². The number of pyridine rings is 1. The van der Waals surface area contributed by atoms with Gasteiger partial charge in [-0.05, 0) is 61.7 Å². The average Bonchev–Trinajstić information content (AvgIpc) is 2.63. The first kappa shape index (κ1) is 15.7. The van der Waals surface area contributed by atoms with Gasteiger partial charge in [0.2, 0.25) is 0 Å². The highest BCUT2D eigenvalue weighted by atomic mass is 16.3. The fourth-order valence-electron chi connectivity index (χ4n) is 3.16. The lowest BCUT2D eigenvalue weighted by atomic mass is 9.89. The van der Waals surface area contributed by atoms with Crippen LogP contribution < -0.4 is 0 Å². The Morgan fingerprint density at radius 2 is 1.91 bits per heavy atom. The zero-order valence-electron chi connectivity index (χ0n) is 13.1. The van der Waals surface area contributed by atoms with E-state index in [1.54, 1.807) is 6.20 Å². The Bertz CT molecular complexity index is 655. The molecule has 1 aromatic carbocycles. The van der Waals surface area contributed by atoms with Gasteiger partial charge in [0, 0.05) is 12.7 Å². The minimum atomic E-state index is -0.465. The molecule has 0 aliphatic carbocycles. The van der Waals surface area contributed by atoms with Crippen LogP contribution in [-0.2, 0) is 6.54 Å². The molecule has 0 saturated carbocycles. The number of hydrogen-bond donors (Lipinski definition) is 1. The van der Waals surface area contributed by atoms with Gasteiger partial charge in [-0.1, -0.05) is 18.2 Å². The zero-order chi connectivity index (χ0) is 16.1. The van der Waals surface area contributed by atoms with Crippen molar-refractivity contribution in [2.24, 2.45) is 5.92 Å². The molecule has 2 heterocycles. The van der Waals surface area contributed by atoms with E-state index in [0.29, 0.717) is 5.56 Å². The Morgan fingerprint density at radius 1 is 1.17 bits per heavy atom. The first-order chi connectivity index (χ1) is 11.3. The summed E-state index contributed by atoms with van der Waals surface area (Å²) in [6.45, 7) is 2.86. The quantitative estimate of drug-likeness (QED) is 0.943. The molecule has 1 saturated heterocycles. The van der Waals surface area contributed by atoms with E-state index in [1.807, 2.05) is 42.5 Å². The monoisotopic (exact) mass is 307 g/mol. The summed E-state index contributed by atoms with van der Waals surface area (Å²) in [4.78, 5) is 6.67. The van der Waals surface area contributed by atoms with E-state index in [-0.39, 0.29) is 5.92 Å². The van der Waals surface area contributed by atoms with Crippen molar-refractivity contribution in [1.82, 2.24) is 9.88 Å². The van der Waals surface area contributed by atoms with Gasteiger partial charge in [-0.15, -0.1) is 0 Å². The summed E-state index contributed by atoms with van der Waals surface area (Å²) < 4.78 is 0. The van der Waals surface area contributed by atoms with Gasteiger partial charge in [-0.2, -0.15) is 5.26 Å². The minimum Gasteiger partial charge on any atom is -0.387 e. The molecule has 1 aromatic heterocycles. The summed E-state index contributed by atoms with van der Waals surface area (Å²) in [6, 6.07) is 15.6. The van der Waals surface area contributed by atoms with Crippen molar-refractivity contribution < 1.29 is 5.11 Å². The fourth-order valence-corrected chi connectivity index (χ4v) is 3.16. The third-order valence-electron chi connectivity index (χ3n) is 4.56. The van der Waals surface area contributed by atoms with Crippen molar-refractivity contribution in [3.63, 3.8) is 0 Å². The van der Waals surface area contributed by atoms with Crippen LogP contribution >= 0.6 is 0 Å². The Morgan fingerprint density at radius 3 is 2.52 bits per heavy atom. The zero-order valence-corrected chi connectivity index (χ0v) is 13.1. The number of aromatic nitrogens is 1. The number of rotatable bonds is 4. The number of piperidine rings is 1. The summed E-state index contributed by atoms with van der Waals surface area (Å²) >= 11 is 0. The first-order valence-electron chi connectivity index (χ1n) is 8.06. The molecule has 23 heavy (non-hydrogen) atoms. The van der Waals surface area contributed by atoms with Crippen LogP contribution in [0.25, 0.3) is 0 Å². The summed E-state index contributed by atoms with van der Waals surface area (Å²) in [6.07, 6.45) is 3.23. The van der Waals surface area contributed by atoms with Gasteiger partial charge in [-0.25, -0.2) is 0 Å². The summed E-state index contributed by atoms with van der Waals surface area (Å²) in [5, 5.41) is 19.3. The largest absolute Gasteiger partial charge is 0.387 e. The molecule has 0 spiro atoms. The number of aliphatic hydroxyl groups excluding tert-OH is 1. The predicted octanol–water partition coefficient (Wildman–Crippen LogP) is 2.90. The van der Waals surface area contributed by atoms with Crippen molar-refractivity contribution in [1.29, 1.82) is 5.26 Å². The second kappa shape index (κ2) is 7.36. The lowest BCUT2D eigenvalue weighted by Gasteiger charge is -2.34. The molecule has 3 rings (SSSR count). The Hall–Kier alpha value is -2.22. The van der Waals surface area contributed by atoms with Crippen LogP contribution in [0.1, 0.15) is 35.8 Å². The van der Waals surface area contributed by atoms with Crippen LogP contribution in [0, 0.1) is 17.2 Å². The summed E-state index contributed by atoms with van der Waals surface area (Å²) in [5.74, 6) is 0.280. The van der Waals surface area contributed by atoms with E-state index in [9.17, 15) is 5.11 Å². The van der Waals surface area contributed by atoms with Gasteiger partial charge in [0.25, 0.3) is 0 Å². The molecule has 0 radical (unpaired) electrons. The van der Waals surface area contributed by atoms with E-state index in [4.69, 9.17) is 5.26 Å². The molecule has 1 N–H and O–H groups in total. The third kappa shape index (κ3) is 3.95. The summed E-state index contributed by atoms with van der Waals surface area (Å²) in [7, 11) is 0. The van der Waals surface area contributed by atoms with Gasteiger partial charge in [-0.3, -0.25) is 9.88 Å². The molecular weight excluding hydrogens is 286 g/mol. The molecule has 1 fully saturated rings. The van der Waals surface area contributed by atoms with Gasteiger partial charge in [0.15, 0.2) is 0 Å². The lowest BCUT2D eigenvalue weighted by Crippen LogP contribution is -2.35. The number of benzene rings is 1. The molecule has 4 heteroatoms. The highest BCUT2D eigenvalue weighted by molar-refractivity contribution is 5.31. The Balaban J connectivity index is 1.53. The smallest absolute Gasteiger partial charge is 0.0991 e. The van der Waals surface area contributed by atoms with Crippen molar-refractivity contribution in [2.45, 2.75) is 25.5 Å². The molecule has 1 aliphatic rings. The van der Waals surface area contributed by atoms with E-state index >= 15 is 0 Å². The number of nitriles is 1. The van der Waals surface area contributed by atoms with Crippen LogP contribution in [0.2, 0.25) is 0 Å². The molecule has 0 amide bonds. The van der Waals surface area contributed by atoms with E-state index in [2.05, 4.69) is 16.0 Å². The standard InChI is InChI=1S/C19H21N3O/c20-13-15-4-6-16(7-5-15)14-22-11-8-17(9-12-22)19(23)18-3-1-2-10-21-18/h1-7,10,17,19,23H,8-9,11-12,14H2/t19-/m1/s1. The van der Waals surface area contributed by atoms with Crippen LogP contribution in [-0.4, -0.2) is 28.1 Å². The molecule has 2 aromatic rings. The van der Waals surface area contributed by atoms with Gasteiger partial charge in [0.1, 0.15) is 0 Å². The van der Waals surface area contributed by atoms with Crippen LogP contribution in [0.15, 0.2) is 48.7 Å². The van der Waals surface area contributed by atoms with E-state index in [1.165, 1.54) is 5.56 Å². The molecule has 0 bridgehead atoms. The number of likely N-dealkylation sites (tertiary alicyclic amines) is 1. The summed E-state index contributed by atoms with van der Waals surface area (Å²) in [5.41, 5.74) is 2.71. The maximum atomic E-state index is 10.5. The topological polar surface area (TPSA) is 60.2 Å². The van der Waals surface area contributed by atoms with Crippen molar-refractivity contribution in [3.05, 3.63) is 65.5 Å². The van der Waals surface area contributed by atoms with Crippen LogP contribution in [0.3, 0.4) is 0 Å². The van der Waals surface area contributed by atoms with Crippen LogP contribution in [0.4, 0.5) is 0 Å². The number of hydrogen-bond acceptors (Lipinski definition) is 4. The normalized spacial score (nSPS) is 17.6. The van der Waals surface area contributed by atoms with E-state index in [0.717, 1.165) is 38.2 Å². The molecule has 1 aliphatic heterocycles. The lowest BCUT2D eigenvalue weighted by molar-refractivity contribution is 0.0540. The van der Waals surface area contributed by atoms with Crippen molar-refractivity contribution >= 4 is 0 Å². The fraction of sp³-hybridized carbons (Fsp3) is 0.368. The first-order valence-corrected chi connectivity index (χ1v) is 8.06. The minimum absolute atomic E-state index is 0.280. The Kier molecular flexibility index (Phi) is 5.02. The van der Waals surface area contributed by atoms with E-state index < -0.39 is 6.10 Å². The molecule has 1 atom stereocenters. The molecule has 4 nitrogen and oxygen atoms in total. The van der Waals surface area contributed by atoms with Crippen LogP contribution in [0.5, 0.6) is 0 Å². The highest BCUT2D eigenvalue weighted by Gasteiger charge is 2.26. The molecule has 118 valence electrons. The Labute approximate surface area is 137 Å². The van der Waals surface area contributed by atoms with Gasteiger partial charge >= 0.3 is 0 Å². The second-order valence-corrected chi connectivity index (χ2v) is 6.12. The highest BCUT2D eigenvalue weighted by Crippen LogP contribution is 2.30. The predicted molar refractivity (Wildman–Crippen MR) is 88.4 cm³/mol. The molecular formula is C19H21N3O. The van der Waals surface area contributed by atoms with Gasteiger partial charge < -0.3 is 5.11 Å². The number of nitrogens with zero attached hydrogens (tertiary/aromatic N) is 3. The van der Waals surface area contributed by atoms with Gasteiger partial charge in [0.05, 0.1) is 23.4 Å². The average molecular weight is 307 g/mol. The maximum Gasteiger partial charge on any atom is 0.0991 e. The second-order valence-electron chi connectivity index (χ2n) is 6.12. The molecule has 0 unspecified atom stereocenters. The third-order valence-corrected chi connectivity index (χ3v) is 4.56. The maximum absolute atomic E-state index is 10.5.